The van der Waals surface area contributed by atoms with Gasteiger partial charge in [0.15, 0.2) is 0 Å². The van der Waals surface area contributed by atoms with E-state index in [1.807, 2.05) is 71.8 Å². The number of likely N-dealkylation sites (tertiary alicyclic amines) is 1. The molecule has 3 aromatic carbocycles. The molecule has 65 heavy (non-hydrogen) atoms. The topological polar surface area (TPSA) is 169 Å². The number of aromatic nitrogens is 4. The number of benzene rings is 3. The van der Waals surface area contributed by atoms with Crippen LogP contribution in [-0.2, 0) is 23.9 Å². The molecule has 14 nitrogen and oxygen atoms in total. The zero-order valence-corrected chi connectivity index (χ0v) is 36.1. The van der Waals surface area contributed by atoms with Crippen LogP contribution in [0.3, 0.4) is 0 Å². The Hall–Kier alpha value is -6.42. The van der Waals surface area contributed by atoms with E-state index in [0.29, 0.717) is 62.0 Å². The van der Waals surface area contributed by atoms with Gasteiger partial charge in [-0.05, 0) is 74.6 Å². The first-order chi connectivity index (χ1) is 31.7. The molecule has 2 aliphatic carbocycles. The van der Waals surface area contributed by atoms with Crippen LogP contribution in [0.2, 0.25) is 0 Å². The fraction of sp³-hybridized carbons (Fsp3) is 0.429. The molecule has 4 atom stereocenters. The molecule has 3 saturated heterocycles. The summed E-state index contributed by atoms with van der Waals surface area (Å²) in [6, 6.07) is 18.6. The summed E-state index contributed by atoms with van der Waals surface area (Å²) in [5.41, 5.74) is 2.92. The van der Waals surface area contributed by atoms with Gasteiger partial charge in [-0.25, -0.2) is 18.7 Å². The van der Waals surface area contributed by atoms with Crippen molar-refractivity contribution in [3.63, 3.8) is 0 Å². The number of piperidine rings is 1. The molecule has 16 heteroatoms. The monoisotopic (exact) mass is 885 g/mol. The lowest BCUT2D eigenvalue weighted by Gasteiger charge is -2.37. The van der Waals surface area contributed by atoms with Gasteiger partial charge in [-0.3, -0.25) is 19.2 Å². The molecule has 2 saturated carbocycles. The predicted octanol–water partition coefficient (Wildman–Crippen LogP) is 6.56. The fourth-order valence-corrected chi connectivity index (χ4v) is 9.64. The van der Waals surface area contributed by atoms with E-state index in [1.165, 1.54) is 18.3 Å². The largest absolute Gasteiger partial charge is 0.377 e. The van der Waals surface area contributed by atoms with E-state index in [-0.39, 0.29) is 71.8 Å². The van der Waals surface area contributed by atoms with E-state index in [4.69, 9.17) is 9.72 Å². The second-order valence-corrected chi connectivity index (χ2v) is 18.0. The van der Waals surface area contributed by atoms with Crippen LogP contribution in [0.5, 0.6) is 0 Å². The number of H-pyrrole nitrogens is 2. The number of halogens is 2. The third-order valence-electron chi connectivity index (χ3n) is 13.6. The van der Waals surface area contributed by atoms with E-state index in [2.05, 4.69) is 25.6 Å². The number of aromatic amines is 2. The highest BCUT2D eigenvalue weighted by atomic mass is 19.1. The number of anilines is 1. The maximum atomic E-state index is 16.0. The summed E-state index contributed by atoms with van der Waals surface area (Å²) in [5, 5.41) is 5.99. The van der Waals surface area contributed by atoms with Gasteiger partial charge in [0.2, 0.25) is 17.7 Å². The first kappa shape index (κ1) is 42.5. The number of morpholine rings is 1. The van der Waals surface area contributed by atoms with Crippen LogP contribution in [0, 0.1) is 23.5 Å². The highest BCUT2D eigenvalue weighted by molar-refractivity contribution is 5.91. The second kappa shape index (κ2) is 18.2. The van der Waals surface area contributed by atoms with Crippen LogP contribution in [-0.4, -0.2) is 92.8 Å². The molecule has 0 radical (unpaired) electrons. The number of rotatable bonds is 13. The molecule has 4 N–H and O–H groups in total. The van der Waals surface area contributed by atoms with Crippen LogP contribution in [0.15, 0.2) is 85.2 Å². The molecule has 338 valence electrons. The van der Waals surface area contributed by atoms with Crippen molar-refractivity contribution in [2.75, 3.05) is 44.3 Å². The minimum absolute atomic E-state index is 0.0324. The number of nitrogens with one attached hydrogen (secondary N) is 4. The Labute approximate surface area is 375 Å². The first-order valence-electron chi connectivity index (χ1n) is 22.9. The zero-order chi connectivity index (χ0) is 44.6. The smallest absolute Gasteiger partial charge is 0.250 e. The standard InChI is InChI=1S/C49H53F2N9O5/c50-35-24-34(38-27-53-45(55-38)40-28-65-23-22-60(40)49(64)42(31-10-5-2-6-11-31)57-47(62)33-15-16-33)25-36(51)43(35)58-20-17-29(18-21-58)37-26-52-44(54-37)39-12-7-19-59(39)48(63)41(30-8-3-1-4-9-30)56-46(61)32-13-14-32/h1-6,8-11,24-27,29,32-33,39-42H,7,12-23,28H2,(H,52,54)(H,53,55)(H,56,61)(H,57,62)/t39-,40-,41+,42+/m0/s1. The third kappa shape index (κ3) is 9.00. The van der Waals surface area contributed by atoms with Crippen molar-refractivity contribution in [2.45, 2.75) is 81.5 Å². The van der Waals surface area contributed by atoms with Crippen molar-refractivity contribution < 1.29 is 32.7 Å². The highest BCUT2D eigenvalue weighted by Gasteiger charge is 2.41. The molecule has 5 heterocycles. The molecular formula is C49H53F2N9O5. The van der Waals surface area contributed by atoms with Gasteiger partial charge in [0, 0.05) is 61.4 Å². The Kier molecular flexibility index (Phi) is 11.9. The molecule has 2 aromatic heterocycles. The van der Waals surface area contributed by atoms with Gasteiger partial charge >= 0.3 is 0 Å². The Morgan fingerprint density at radius 2 is 1.22 bits per heavy atom. The van der Waals surface area contributed by atoms with Crippen molar-refractivity contribution in [1.82, 2.24) is 40.4 Å². The molecule has 0 bridgehead atoms. The van der Waals surface area contributed by atoms with Crippen molar-refractivity contribution in [1.29, 1.82) is 0 Å². The Bertz CT molecular complexity index is 2510. The number of hydrogen-bond acceptors (Lipinski definition) is 8. The summed E-state index contributed by atoms with van der Waals surface area (Å²) in [4.78, 5) is 75.3. The van der Waals surface area contributed by atoms with Gasteiger partial charge < -0.3 is 40.0 Å². The lowest BCUT2D eigenvalue weighted by atomic mass is 9.93. The molecule has 10 rings (SSSR count). The van der Waals surface area contributed by atoms with E-state index in [0.717, 1.165) is 49.8 Å². The van der Waals surface area contributed by atoms with Gasteiger partial charge in [-0.2, -0.15) is 0 Å². The number of carbonyl (C=O) groups is 4. The number of hydrogen-bond donors (Lipinski definition) is 4. The maximum Gasteiger partial charge on any atom is 0.250 e. The molecular weight excluding hydrogens is 833 g/mol. The summed E-state index contributed by atoms with van der Waals surface area (Å²) in [6.07, 6.45) is 9.44. The zero-order valence-electron chi connectivity index (χ0n) is 36.1. The molecule has 0 spiro atoms. The summed E-state index contributed by atoms with van der Waals surface area (Å²) in [6.45, 7) is 2.14. The van der Waals surface area contributed by atoms with Gasteiger partial charge in [0.05, 0.1) is 31.1 Å². The number of amides is 4. The average Bonchev–Trinajstić information content (AvgIpc) is 4.21. The summed E-state index contributed by atoms with van der Waals surface area (Å²) >= 11 is 0. The van der Waals surface area contributed by atoms with Crippen molar-refractivity contribution in [3.05, 3.63) is 125 Å². The van der Waals surface area contributed by atoms with E-state index < -0.39 is 29.8 Å². The van der Waals surface area contributed by atoms with E-state index in [1.54, 1.807) is 9.80 Å². The molecule has 5 fully saturated rings. The van der Waals surface area contributed by atoms with Gasteiger partial charge in [-0.15, -0.1) is 0 Å². The van der Waals surface area contributed by atoms with Gasteiger partial charge in [0.25, 0.3) is 5.91 Å². The molecule has 4 amide bonds. The predicted molar refractivity (Wildman–Crippen MR) is 236 cm³/mol. The van der Waals surface area contributed by atoms with Crippen LogP contribution < -0.4 is 15.5 Å². The summed E-state index contributed by atoms with van der Waals surface area (Å²) < 4.78 is 37.8. The number of nitrogens with zero attached hydrogens (tertiary/aromatic N) is 5. The lowest BCUT2D eigenvalue weighted by molar-refractivity contribution is -0.145. The van der Waals surface area contributed by atoms with E-state index >= 15 is 8.78 Å². The SMILES string of the molecule is O=C(N[C@@H](C(=O)N1CCOC[C@H]1c1ncc(-c2cc(F)c(N3CCC(c4cnc([C@@H]5CCCN5C(=O)[C@H](NC(=O)C5CC5)c5ccccc5)[nH]4)CC3)c(F)c2)[nH]1)c1ccccc1)C1CC1. The summed E-state index contributed by atoms with van der Waals surface area (Å²) in [7, 11) is 0. The Morgan fingerprint density at radius 3 is 1.80 bits per heavy atom. The van der Waals surface area contributed by atoms with Crippen LogP contribution in [0.25, 0.3) is 11.3 Å². The van der Waals surface area contributed by atoms with Crippen molar-refractivity contribution >= 4 is 29.3 Å². The van der Waals surface area contributed by atoms with Crippen molar-refractivity contribution in [2.24, 2.45) is 11.8 Å². The van der Waals surface area contributed by atoms with Crippen molar-refractivity contribution in [3.8, 4) is 11.3 Å². The number of carbonyl (C=O) groups excluding carboxylic acids is 4. The minimum atomic E-state index is -0.885. The number of ether oxygens (including phenoxy) is 1. The molecule has 3 aliphatic heterocycles. The van der Waals surface area contributed by atoms with Crippen LogP contribution in [0.1, 0.15) is 110 Å². The Balaban J connectivity index is 0.790. The normalized spacial score (nSPS) is 21.2. The Morgan fingerprint density at radius 1 is 0.662 bits per heavy atom. The molecule has 5 aromatic rings. The second-order valence-electron chi connectivity index (χ2n) is 18.0. The third-order valence-corrected chi connectivity index (χ3v) is 13.6. The molecule has 5 aliphatic rings. The van der Waals surface area contributed by atoms with Gasteiger partial charge in [0.1, 0.15) is 47.1 Å². The van der Waals surface area contributed by atoms with Crippen LogP contribution in [0.4, 0.5) is 14.5 Å². The number of imidazole rings is 2. The minimum Gasteiger partial charge on any atom is -0.377 e. The van der Waals surface area contributed by atoms with E-state index in [9.17, 15) is 19.2 Å². The lowest BCUT2D eigenvalue weighted by Crippen LogP contribution is -2.49. The quantitative estimate of drug-likeness (QED) is 0.103. The van der Waals surface area contributed by atoms with Crippen LogP contribution >= 0.6 is 0 Å². The summed E-state index contributed by atoms with van der Waals surface area (Å²) in [5.74, 6) is -0.984. The first-order valence-corrected chi connectivity index (χ1v) is 22.9. The average molecular weight is 886 g/mol. The van der Waals surface area contributed by atoms with Gasteiger partial charge in [-0.1, -0.05) is 60.7 Å². The molecule has 0 unspecified atom stereocenters. The maximum absolute atomic E-state index is 16.0. The fourth-order valence-electron chi connectivity index (χ4n) is 9.64. The highest BCUT2D eigenvalue weighted by Crippen LogP contribution is 2.39.